The highest BCUT2D eigenvalue weighted by molar-refractivity contribution is 5.81. The largest absolute Gasteiger partial charge is 0.300 e. The van der Waals surface area contributed by atoms with Gasteiger partial charge in [-0.2, -0.15) is 0 Å². The lowest BCUT2D eigenvalue weighted by atomic mass is 9.76. The summed E-state index contributed by atoms with van der Waals surface area (Å²) in [4.78, 5) is 37.4. The zero-order valence-corrected chi connectivity index (χ0v) is 26.4. The number of hydrogen-bond acceptors (Lipinski definition) is 3. The van der Waals surface area contributed by atoms with Gasteiger partial charge in [0.2, 0.25) is 0 Å². The summed E-state index contributed by atoms with van der Waals surface area (Å²) in [6.07, 6.45) is 17.2. The van der Waals surface area contributed by atoms with Crippen LogP contribution < -0.4 is 0 Å². The Kier molecular flexibility index (Phi) is 13.0. The molecule has 2 saturated carbocycles. The Labute approximate surface area is 255 Å². The first-order valence-electron chi connectivity index (χ1n) is 17.2. The number of rotatable bonds is 16. The highest BCUT2D eigenvalue weighted by Crippen LogP contribution is 2.38. The lowest BCUT2D eigenvalue weighted by molar-refractivity contribution is -0.124. The minimum absolute atomic E-state index is 0.286. The highest BCUT2D eigenvalue weighted by Gasteiger charge is 2.27. The molecule has 0 atom stereocenters. The first-order valence-corrected chi connectivity index (χ1v) is 17.2. The van der Waals surface area contributed by atoms with E-state index >= 15 is 0 Å². The molecule has 0 saturated heterocycles. The zero-order valence-electron chi connectivity index (χ0n) is 26.4. The van der Waals surface area contributed by atoms with Crippen molar-refractivity contribution < 1.29 is 14.4 Å². The van der Waals surface area contributed by atoms with Gasteiger partial charge in [-0.05, 0) is 111 Å². The van der Waals surface area contributed by atoms with Gasteiger partial charge in [0.05, 0.1) is 0 Å². The molecule has 3 heteroatoms. The van der Waals surface area contributed by atoms with Crippen LogP contribution in [0.15, 0.2) is 48.5 Å². The van der Waals surface area contributed by atoms with E-state index in [4.69, 9.17) is 0 Å². The van der Waals surface area contributed by atoms with Gasteiger partial charge in [-0.1, -0.05) is 75.2 Å². The summed E-state index contributed by atoms with van der Waals surface area (Å²) in [5.41, 5.74) is 5.26. The fraction of sp³-hybridized carbons (Fsp3) is 0.615. The quantitative estimate of drug-likeness (QED) is 0.202. The number of hydrogen-bond donors (Lipinski definition) is 0. The van der Waals surface area contributed by atoms with Crippen molar-refractivity contribution in [1.82, 2.24) is 0 Å². The number of benzene rings is 2. The van der Waals surface area contributed by atoms with Gasteiger partial charge in [0.25, 0.3) is 0 Å². The van der Waals surface area contributed by atoms with Gasteiger partial charge < -0.3 is 0 Å². The highest BCUT2D eigenvalue weighted by atomic mass is 16.1. The van der Waals surface area contributed by atoms with Gasteiger partial charge in [0.1, 0.15) is 17.3 Å². The third kappa shape index (κ3) is 9.75. The van der Waals surface area contributed by atoms with E-state index in [0.29, 0.717) is 42.0 Å². The van der Waals surface area contributed by atoms with Gasteiger partial charge >= 0.3 is 0 Å². The Morgan fingerprint density at radius 3 is 1.21 bits per heavy atom. The van der Waals surface area contributed by atoms with Gasteiger partial charge in [0.15, 0.2) is 0 Å². The van der Waals surface area contributed by atoms with E-state index in [1.165, 1.54) is 22.3 Å². The van der Waals surface area contributed by atoms with E-state index in [2.05, 4.69) is 62.4 Å². The van der Waals surface area contributed by atoms with Crippen molar-refractivity contribution in [2.24, 2.45) is 11.8 Å². The first kappa shape index (κ1) is 32.4. The lowest BCUT2D eigenvalue weighted by Crippen LogP contribution is -2.21. The van der Waals surface area contributed by atoms with Crippen LogP contribution in [-0.4, -0.2) is 17.3 Å². The molecule has 228 valence electrons. The summed E-state index contributed by atoms with van der Waals surface area (Å²) in [5.74, 6) is 3.01. The molecule has 0 bridgehead atoms. The number of unbranched alkanes of at least 4 members (excludes halogenated alkanes) is 2. The molecular formula is C39H54O3. The van der Waals surface area contributed by atoms with Gasteiger partial charge in [-0.25, -0.2) is 0 Å². The smallest absolute Gasteiger partial charge is 0.135 e. The summed E-state index contributed by atoms with van der Waals surface area (Å²) >= 11 is 0. The average Bonchev–Trinajstić information content (AvgIpc) is 3.04. The third-order valence-corrected chi connectivity index (χ3v) is 10.2. The molecule has 4 rings (SSSR count). The zero-order chi connectivity index (χ0) is 29.7. The number of aryl methyl sites for hydroxylation is 2. The molecule has 0 amide bonds. The third-order valence-electron chi connectivity index (χ3n) is 10.2. The maximum absolute atomic E-state index is 12.7. The van der Waals surface area contributed by atoms with Crippen molar-refractivity contribution in [1.29, 1.82) is 0 Å². The molecule has 0 aromatic heterocycles. The van der Waals surface area contributed by atoms with Crippen LogP contribution in [0.2, 0.25) is 0 Å². The maximum Gasteiger partial charge on any atom is 0.135 e. The molecule has 0 radical (unpaired) electrons. The second kappa shape index (κ2) is 16.9. The average molecular weight is 571 g/mol. The molecular weight excluding hydrogens is 516 g/mol. The van der Waals surface area contributed by atoms with E-state index in [1.54, 1.807) is 0 Å². The standard InChI is InChI=1S/C39H54O3/c1-3-5-7-38(41)35-23-19-33(20-24-35)31-15-9-29(10-16-31)13-27-37(40)28-14-30-11-17-32(18-12-30)34-21-25-36(26-22-34)39(42)8-6-4-2/h9-12,15-18,33-36H,3-8,13-14,19-28H2,1-2H3/t33-,34?,35-,36?. The number of carbonyl (C=O) groups is 3. The predicted molar refractivity (Wildman–Crippen MR) is 173 cm³/mol. The monoisotopic (exact) mass is 570 g/mol. The molecule has 0 spiro atoms. The van der Waals surface area contributed by atoms with E-state index in [9.17, 15) is 14.4 Å². The molecule has 2 fully saturated rings. The van der Waals surface area contributed by atoms with Crippen LogP contribution in [0.5, 0.6) is 0 Å². The summed E-state index contributed by atoms with van der Waals surface area (Å²) in [6.45, 7) is 4.30. The molecule has 0 heterocycles. The van der Waals surface area contributed by atoms with Gasteiger partial charge in [0, 0.05) is 37.5 Å². The fourth-order valence-electron chi connectivity index (χ4n) is 7.21. The van der Waals surface area contributed by atoms with Crippen molar-refractivity contribution in [3.63, 3.8) is 0 Å². The minimum atomic E-state index is 0.286. The van der Waals surface area contributed by atoms with Crippen LogP contribution in [0.4, 0.5) is 0 Å². The lowest BCUT2D eigenvalue weighted by Gasteiger charge is -2.28. The maximum atomic E-state index is 12.7. The Hall–Kier alpha value is -2.55. The van der Waals surface area contributed by atoms with Crippen LogP contribution in [0.25, 0.3) is 0 Å². The summed E-state index contributed by atoms with van der Waals surface area (Å²) in [6, 6.07) is 17.8. The minimum Gasteiger partial charge on any atom is -0.300 e. The molecule has 2 aromatic rings. The Morgan fingerprint density at radius 1 is 0.524 bits per heavy atom. The van der Waals surface area contributed by atoms with Crippen LogP contribution in [0.3, 0.4) is 0 Å². The molecule has 0 unspecified atom stereocenters. The van der Waals surface area contributed by atoms with Crippen molar-refractivity contribution in [3.8, 4) is 0 Å². The van der Waals surface area contributed by atoms with Crippen LogP contribution in [-0.2, 0) is 27.2 Å². The second-order valence-corrected chi connectivity index (χ2v) is 13.3. The summed E-state index contributed by atoms with van der Waals surface area (Å²) in [5, 5.41) is 0. The molecule has 2 aliphatic carbocycles. The SMILES string of the molecule is CCCCC(=O)C1CCC(c2ccc(CCC(=O)CCc3ccc([C@H]4CC[C@H](C(=O)CCCC)CC4)cc3)cc2)CC1. The predicted octanol–water partition coefficient (Wildman–Crippen LogP) is 9.89. The second-order valence-electron chi connectivity index (χ2n) is 13.3. The van der Waals surface area contributed by atoms with E-state index in [0.717, 1.165) is 103 Å². The molecule has 3 nitrogen and oxygen atoms in total. The molecule has 0 N–H and O–H groups in total. The van der Waals surface area contributed by atoms with E-state index < -0.39 is 0 Å². The summed E-state index contributed by atoms with van der Waals surface area (Å²) in [7, 11) is 0. The van der Waals surface area contributed by atoms with E-state index in [1.807, 2.05) is 0 Å². The van der Waals surface area contributed by atoms with Crippen molar-refractivity contribution in [3.05, 3.63) is 70.8 Å². The van der Waals surface area contributed by atoms with Gasteiger partial charge in [-0.15, -0.1) is 0 Å². The van der Waals surface area contributed by atoms with Crippen molar-refractivity contribution in [2.75, 3.05) is 0 Å². The van der Waals surface area contributed by atoms with Crippen LogP contribution in [0.1, 0.15) is 151 Å². The van der Waals surface area contributed by atoms with E-state index in [-0.39, 0.29) is 11.8 Å². The summed E-state index contributed by atoms with van der Waals surface area (Å²) < 4.78 is 0. The van der Waals surface area contributed by atoms with Crippen LogP contribution in [0, 0.1) is 11.8 Å². The molecule has 2 aromatic carbocycles. The van der Waals surface area contributed by atoms with Crippen LogP contribution >= 0.6 is 0 Å². The topological polar surface area (TPSA) is 51.2 Å². The molecule has 2 aliphatic rings. The Bertz CT molecular complexity index is 1020. The Balaban J connectivity index is 1.13. The van der Waals surface area contributed by atoms with Gasteiger partial charge in [-0.3, -0.25) is 14.4 Å². The van der Waals surface area contributed by atoms with Crippen molar-refractivity contribution >= 4 is 17.3 Å². The molecule has 42 heavy (non-hydrogen) atoms. The normalized spacial score (nSPS) is 22.5. The first-order chi connectivity index (χ1) is 20.5. The molecule has 0 aliphatic heterocycles. The van der Waals surface area contributed by atoms with Crippen molar-refractivity contribution in [2.45, 2.75) is 141 Å². The number of Topliss-reactive ketones (excluding diaryl/α,β-unsaturated/α-hetero) is 3. The number of ketones is 3. The fourth-order valence-corrected chi connectivity index (χ4v) is 7.21. The number of carbonyl (C=O) groups excluding carboxylic acids is 3. The Morgan fingerprint density at radius 2 is 0.881 bits per heavy atom.